The molecule has 1 aromatic heterocycles. The van der Waals surface area contributed by atoms with Crippen LogP contribution in [0.3, 0.4) is 0 Å². The molecule has 1 aliphatic rings. The van der Waals surface area contributed by atoms with Gasteiger partial charge in [-0.2, -0.15) is 0 Å². The average molecular weight is 335 g/mol. The van der Waals surface area contributed by atoms with Crippen LogP contribution in [0.25, 0.3) is 10.9 Å². The second-order valence-corrected chi connectivity index (χ2v) is 5.92. The number of fused-ring (bicyclic) bond motifs is 1. The lowest BCUT2D eigenvalue weighted by Crippen LogP contribution is -2.57. The number of carbonyl (C=O) groups is 2. The molecule has 0 spiro atoms. The van der Waals surface area contributed by atoms with E-state index in [2.05, 4.69) is 10.3 Å². The van der Waals surface area contributed by atoms with Crippen molar-refractivity contribution in [3.8, 4) is 0 Å². The van der Waals surface area contributed by atoms with Crippen molar-refractivity contribution in [1.82, 2.24) is 10.3 Å². The van der Waals surface area contributed by atoms with Gasteiger partial charge in [-0.15, -0.1) is 0 Å². The molecule has 2 aromatic rings. The van der Waals surface area contributed by atoms with Gasteiger partial charge in [-0.3, -0.25) is 4.79 Å². The molecule has 7 heteroatoms. The number of hydrogen-bond acceptors (Lipinski definition) is 4. The number of ether oxygens (including phenoxy) is 1. The number of carboxylic acid groups (broad SMARTS) is 1. The van der Waals surface area contributed by atoms with E-state index in [9.17, 15) is 14.7 Å². The summed E-state index contributed by atoms with van der Waals surface area (Å²) in [6, 6.07) is 8.54. The Labute approximate surface area is 137 Å². The van der Waals surface area contributed by atoms with Crippen molar-refractivity contribution in [3.63, 3.8) is 0 Å². The highest BCUT2D eigenvalue weighted by Crippen LogP contribution is 2.22. The number of aliphatic carboxylic acids is 1. The first kappa shape index (κ1) is 15.7. The fraction of sp³-hybridized carbons (Fsp3) is 0.312. The Morgan fingerprint density at radius 3 is 2.61 bits per heavy atom. The molecule has 0 bridgehead atoms. The predicted octanol–water partition coefficient (Wildman–Crippen LogP) is 2.25. The van der Waals surface area contributed by atoms with Gasteiger partial charge in [-0.25, -0.2) is 9.78 Å². The van der Waals surface area contributed by atoms with Crippen LogP contribution < -0.4 is 5.32 Å². The van der Waals surface area contributed by atoms with Gasteiger partial charge in [-0.05, 0) is 18.2 Å². The second kappa shape index (κ2) is 6.14. The van der Waals surface area contributed by atoms with Crippen LogP contribution in [-0.4, -0.2) is 40.7 Å². The van der Waals surface area contributed by atoms with Crippen molar-refractivity contribution in [1.29, 1.82) is 0 Å². The van der Waals surface area contributed by atoms with Gasteiger partial charge in [0.05, 0.1) is 5.52 Å². The molecule has 0 atom stereocenters. The van der Waals surface area contributed by atoms with Gasteiger partial charge < -0.3 is 15.2 Å². The SMILES string of the molecule is O=C(NC1(C(=O)O)CCOCC1)c1ccc2ccc(Cl)cc2n1. The fourth-order valence-electron chi connectivity index (χ4n) is 2.61. The highest BCUT2D eigenvalue weighted by atomic mass is 35.5. The number of carbonyl (C=O) groups excluding carboxylic acids is 1. The number of nitrogens with zero attached hydrogens (tertiary/aromatic N) is 1. The molecule has 2 heterocycles. The normalized spacial score (nSPS) is 16.9. The predicted molar refractivity (Wildman–Crippen MR) is 84.6 cm³/mol. The maximum Gasteiger partial charge on any atom is 0.329 e. The van der Waals surface area contributed by atoms with E-state index in [0.717, 1.165) is 5.39 Å². The fourth-order valence-corrected chi connectivity index (χ4v) is 2.78. The van der Waals surface area contributed by atoms with Crippen molar-refractivity contribution in [2.24, 2.45) is 0 Å². The lowest BCUT2D eigenvalue weighted by atomic mass is 9.90. The van der Waals surface area contributed by atoms with Gasteiger partial charge in [0.15, 0.2) is 0 Å². The molecule has 0 saturated carbocycles. The van der Waals surface area contributed by atoms with Crippen LogP contribution in [-0.2, 0) is 9.53 Å². The van der Waals surface area contributed by atoms with Crippen LogP contribution in [0.15, 0.2) is 30.3 Å². The second-order valence-electron chi connectivity index (χ2n) is 5.49. The van der Waals surface area contributed by atoms with Crippen LogP contribution in [0.5, 0.6) is 0 Å². The van der Waals surface area contributed by atoms with Gasteiger partial charge in [0, 0.05) is 36.5 Å². The van der Waals surface area contributed by atoms with Gasteiger partial charge >= 0.3 is 5.97 Å². The third-order valence-corrected chi connectivity index (χ3v) is 4.23. The number of hydrogen-bond donors (Lipinski definition) is 2. The summed E-state index contributed by atoms with van der Waals surface area (Å²) in [6.07, 6.45) is 0.459. The zero-order chi connectivity index (χ0) is 16.4. The molecular weight excluding hydrogens is 320 g/mol. The van der Waals surface area contributed by atoms with Crippen LogP contribution >= 0.6 is 11.6 Å². The number of nitrogens with one attached hydrogen (secondary N) is 1. The van der Waals surface area contributed by atoms with E-state index in [4.69, 9.17) is 16.3 Å². The summed E-state index contributed by atoms with van der Waals surface area (Å²) in [7, 11) is 0. The summed E-state index contributed by atoms with van der Waals surface area (Å²) in [4.78, 5) is 28.3. The van der Waals surface area contributed by atoms with E-state index >= 15 is 0 Å². The Kier molecular flexibility index (Phi) is 4.19. The molecule has 6 nitrogen and oxygen atoms in total. The van der Waals surface area contributed by atoms with Gasteiger partial charge in [0.25, 0.3) is 5.91 Å². The van der Waals surface area contributed by atoms with Crippen molar-refractivity contribution in [2.45, 2.75) is 18.4 Å². The highest BCUT2D eigenvalue weighted by Gasteiger charge is 2.41. The topological polar surface area (TPSA) is 88.5 Å². The largest absolute Gasteiger partial charge is 0.480 e. The number of carboxylic acids is 1. The Balaban J connectivity index is 1.88. The van der Waals surface area contributed by atoms with Crippen LogP contribution in [0.4, 0.5) is 0 Å². The monoisotopic (exact) mass is 334 g/mol. The lowest BCUT2D eigenvalue weighted by molar-refractivity contribution is -0.148. The Bertz CT molecular complexity index is 772. The summed E-state index contributed by atoms with van der Waals surface area (Å²) in [6.45, 7) is 0.598. The first-order valence-electron chi connectivity index (χ1n) is 7.20. The zero-order valence-corrected chi connectivity index (χ0v) is 13.0. The van der Waals surface area contributed by atoms with E-state index < -0.39 is 17.4 Å². The average Bonchev–Trinajstić information content (AvgIpc) is 2.54. The molecular formula is C16H15ClN2O4. The van der Waals surface area contributed by atoms with E-state index in [1.165, 1.54) is 0 Å². The Morgan fingerprint density at radius 1 is 1.22 bits per heavy atom. The van der Waals surface area contributed by atoms with E-state index in [0.29, 0.717) is 23.8 Å². The molecule has 0 aliphatic carbocycles. The molecule has 0 radical (unpaired) electrons. The molecule has 1 fully saturated rings. The molecule has 0 unspecified atom stereocenters. The maximum absolute atomic E-state index is 12.4. The smallest absolute Gasteiger partial charge is 0.329 e. The van der Waals surface area contributed by atoms with E-state index in [1.807, 2.05) is 6.07 Å². The molecule has 120 valence electrons. The number of rotatable bonds is 3. The van der Waals surface area contributed by atoms with Gasteiger partial charge in [0.2, 0.25) is 0 Å². The third kappa shape index (κ3) is 3.13. The first-order chi connectivity index (χ1) is 11.0. The Morgan fingerprint density at radius 2 is 1.91 bits per heavy atom. The minimum atomic E-state index is -1.31. The summed E-state index contributed by atoms with van der Waals surface area (Å²) in [5, 5.41) is 13.5. The van der Waals surface area contributed by atoms with Crippen LogP contribution in [0.2, 0.25) is 5.02 Å². The number of amides is 1. The van der Waals surface area contributed by atoms with Gasteiger partial charge in [0.1, 0.15) is 11.2 Å². The third-order valence-electron chi connectivity index (χ3n) is 4.00. The molecule has 1 saturated heterocycles. The van der Waals surface area contributed by atoms with Crippen LogP contribution in [0.1, 0.15) is 23.3 Å². The maximum atomic E-state index is 12.4. The number of pyridine rings is 1. The molecule has 3 rings (SSSR count). The minimum Gasteiger partial charge on any atom is -0.480 e. The zero-order valence-electron chi connectivity index (χ0n) is 12.2. The number of benzene rings is 1. The molecule has 1 amide bonds. The summed E-state index contributed by atoms with van der Waals surface area (Å²) >= 11 is 5.94. The summed E-state index contributed by atoms with van der Waals surface area (Å²) in [5.41, 5.74) is -0.561. The standard InChI is InChI=1S/C16H15ClN2O4/c17-11-3-1-10-2-4-12(18-13(10)9-11)14(20)19-16(15(21)22)5-7-23-8-6-16/h1-4,9H,5-8H2,(H,19,20)(H,21,22). The molecule has 23 heavy (non-hydrogen) atoms. The number of halogens is 1. The quantitative estimate of drug-likeness (QED) is 0.898. The van der Waals surface area contributed by atoms with Crippen molar-refractivity contribution in [2.75, 3.05) is 13.2 Å². The highest BCUT2D eigenvalue weighted by molar-refractivity contribution is 6.31. The Hall–Kier alpha value is -2.18. The van der Waals surface area contributed by atoms with Gasteiger partial charge in [-0.1, -0.05) is 23.7 Å². The van der Waals surface area contributed by atoms with Crippen molar-refractivity contribution >= 4 is 34.4 Å². The van der Waals surface area contributed by atoms with Crippen molar-refractivity contribution in [3.05, 3.63) is 41.0 Å². The molecule has 1 aliphatic heterocycles. The lowest BCUT2D eigenvalue weighted by Gasteiger charge is -2.33. The van der Waals surface area contributed by atoms with E-state index in [-0.39, 0.29) is 18.5 Å². The minimum absolute atomic E-state index is 0.159. The van der Waals surface area contributed by atoms with E-state index in [1.54, 1.807) is 24.3 Å². The molecule has 2 N–H and O–H groups in total. The summed E-state index contributed by atoms with van der Waals surface area (Å²) in [5.74, 6) is -1.57. The van der Waals surface area contributed by atoms with Crippen molar-refractivity contribution < 1.29 is 19.4 Å². The number of aromatic nitrogens is 1. The molecule has 1 aromatic carbocycles. The van der Waals surface area contributed by atoms with Crippen LogP contribution in [0, 0.1) is 0 Å². The summed E-state index contributed by atoms with van der Waals surface area (Å²) < 4.78 is 5.19. The first-order valence-corrected chi connectivity index (χ1v) is 7.58.